The van der Waals surface area contributed by atoms with Gasteiger partial charge in [-0.15, -0.1) is 0 Å². The molecule has 6 heteroatoms. The van der Waals surface area contributed by atoms with Crippen molar-refractivity contribution >= 4 is 45.9 Å². The fraction of sp³-hybridized carbons (Fsp3) is 0.0952. The Morgan fingerprint density at radius 1 is 0.889 bits per heavy atom. The van der Waals surface area contributed by atoms with E-state index in [-0.39, 0.29) is 17.7 Å². The zero-order valence-electron chi connectivity index (χ0n) is 14.8. The van der Waals surface area contributed by atoms with Crippen LogP contribution < -0.4 is 5.32 Å². The van der Waals surface area contributed by atoms with E-state index in [1.54, 1.807) is 12.1 Å². The van der Waals surface area contributed by atoms with Gasteiger partial charge in [0, 0.05) is 40.3 Å². The summed E-state index contributed by atoms with van der Waals surface area (Å²) in [7, 11) is 1.50. The topological polar surface area (TPSA) is 66.5 Å². The molecule has 1 aliphatic heterocycles. The standard InChI is InChI=1S/C21H16N2O3S/c1-12(24)22-16-8-3-4-9-18(16)27-17-11-10-15-19-13(17)6-5-7-14(19)20(25)23(2)21(15)26/h3-11H,1-2H3,(H,22,24). The monoisotopic (exact) mass is 376 g/mol. The summed E-state index contributed by atoms with van der Waals surface area (Å²) in [5, 5.41) is 4.37. The molecule has 1 heterocycles. The molecule has 0 radical (unpaired) electrons. The van der Waals surface area contributed by atoms with E-state index < -0.39 is 0 Å². The first-order valence-corrected chi connectivity index (χ1v) is 9.21. The molecule has 1 aliphatic rings. The molecule has 0 spiro atoms. The Balaban J connectivity index is 1.86. The van der Waals surface area contributed by atoms with E-state index in [0.717, 1.165) is 25.8 Å². The van der Waals surface area contributed by atoms with Crippen molar-refractivity contribution in [1.29, 1.82) is 0 Å². The molecule has 0 fully saturated rings. The summed E-state index contributed by atoms with van der Waals surface area (Å²) in [5.74, 6) is -0.725. The van der Waals surface area contributed by atoms with Crippen LogP contribution in [0.15, 0.2) is 64.4 Å². The molecule has 0 atom stereocenters. The third kappa shape index (κ3) is 2.88. The summed E-state index contributed by atoms with van der Waals surface area (Å²) in [5.41, 5.74) is 1.78. The van der Waals surface area contributed by atoms with Crippen LogP contribution in [0.25, 0.3) is 10.8 Å². The van der Waals surface area contributed by atoms with E-state index in [2.05, 4.69) is 5.32 Å². The molecule has 3 aromatic rings. The van der Waals surface area contributed by atoms with Gasteiger partial charge < -0.3 is 5.32 Å². The maximum Gasteiger partial charge on any atom is 0.261 e. The van der Waals surface area contributed by atoms with Crippen molar-refractivity contribution in [2.24, 2.45) is 0 Å². The van der Waals surface area contributed by atoms with Crippen molar-refractivity contribution in [3.05, 3.63) is 65.7 Å². The lowest BCUT2D eigenvalue weighted by molar-refractivity contribution is -0.114. The smallest absolute Gasteiger partial charge is 0.261 e. The second-order valence-corrected chi connectivity index (χ2v) is 7.37. The molecule has 5 nitrogen and oxygen atoms in total. The van der Waals surface area contributed by atoms with E-state index in [9.17, 15) is 14.4 Å². The molecule has 134 valence electrons. The fourth-order valence-electron chi connectivity index (χ4n) is 3.25. The summed E-state index contributed by atoms with van der Waals surface area (Å²) < 4.78 is 0. The van der Waals surface area contributed by atoms with Gasteiger partial charge in [-0.2, -0.15) is 0 Å². The first kappa shape index (κ1) is 17.3. The molecule has 0 saturated carbocycles. The first-order chi connectivity index (χ1) is 13.0. The van der Waals surface area contributed by atoms with E-state index in [1.165, 1.54) is 25.7 Å². The molecule has 4 rings (SSSR count). The Kier molecular flexibility index (Phi) is 4.20. The third-order valence-corrected chi connectivity index (χ3v) is 5.64. The SMILES string of the molecule is CC(=O)Nc1ccccc1Sc1ccc2c3c(cccc13)C(=O)N(C)C2=O. The van der Waals surface area contributed by atoms with Crippen LogP contribution in [-0.4, -0.2) is 29.7 Å². The molecule has 0 aliphatic carbocycles. The molecule has 3 amide bonds. The number of rotatable bonds is 3. The molecule has 0 unspecified atom stereocenters. The van der Waals surface area contributed by atoms with E-state index >= 15 is 0 Å². The number of amides is 3. The maximum absolute atomic E-state index is 12.5. The minimum Gasteiger partial charge on any atom is -0.325 e. The Morgan fingerprint density at radius 2 is 1.59 bits per heavy atom. The number of benzene rings is 3. The van der Waals surface area contributed by atoms with Gasteiger partial charge in [0.1, 0.15) is 0 Å². The number of para-hydroxylation sites is 1. The minimum atomic E-state index is -0.293. The molecular formula is C21H16N2O3S. The van der Waals surface area contributed by atoms with E-state index in [4.69, 9.17) is 0 Å². The highest BCUT2D eigenvalue weighted by molar-refractivity contribution is 7.99. The van der Waals surface area contributed by atoms with Crippen molar-refractivity contribution in [1.82, 2.24) is 4.90 Å². The average molecular weight is 376 g/mol. The second kappa shape index (κ2) is 6.55. The predicted octanol–water partition coefficient (Wildman–Crippen LogP) is 4.18. The van der Waals surface area contributed by atoms with Crippen molar-refractivity contribution in [3.8, 4) is 0 Å². The van der Waals surface area contributed by atoms with Gasteiger partial charge in [0.25, 0.3) is 11.8 Å². The summed E-state index contributed by atoms with van der Waals surface area (Å²) >= 11 is 1.49. The summed E-state index contributed by atoms with van der Waals surface area (Å²) in [4.78, 5) is 39.4. The van der Waals surface area contributed by atoms with Gasteiger partial charge in [-0.3, -0.25) is 19.3 Å². The van der Waals surface area contributed by atoms with Gasteiger partial charge in [-0.1, -0.05) is 36.0 Å². The minimum absolute atomic E-state index is 0.140. The lowest BCUT2D eigenvalue weighted by Crippen LogP contribution is -2.36. The number of nitrogens with one attached hydrogen (secondary N) is 1. The Morgan fingerprint density at radius 3 is 2.33 bits per heavy atom. The van der Waals surface area contributed by atoms with Gasteiger partial charge in [0.2, 0.25) is 5.91 Å². The fourth-order valence-corrected chi connectivity index (χ4v) is 4.27. The van der Waals surface area contributed by atoms with Crippen molar-refractivity contribution in [2.75, 3.05) is 12.4 Å². The molecule has 27 heavy (non-hydrogen) atoms. The molecule has 3 aromatic carbocycles. The van der Waals surface area contributed by atoms with Gasteiger partial charge in [0.05, 0.1) is 5.69 Å². The number of nitrogens with zero attached hydrogens (tertiary/aromatic N) is 1. The van der Waals surface area contributed by atoms with Crippen molar-refractivity contribution in [2.45, 2.75) is 16.7 Å². The average Bonchev–Trinajstić information content (AvgIpc) is 2.66. The number of imide groups is 1. The highest BCUT2D eigenvalue weighted by Gasteiger charge is 2.30. The number of anilines is 1. The van der Waals surface area contributed by atoms with E-state index in [0.29, 0.717) is 16.5 Å². The van der Waals surface area contributed by atoms with Crippen LogP contribution >= 0.6 is 11.8 Å². The van der Waals surface area contributed by atoms with Crippen LogP contribution in [0.4, 0.5) is 5.69 Å². The highest BCUT2D eigenvalue weighted by atomic mass is 32.2. The van der Waals surface area contributed by atoms with Crippen molar-refractivity contribution in [3.63, 3.8) is 0 Å². The first-order valence-electron chi connectivity index (χ1n) is 8.40. The Hall–Kier alpha value is -3.12. The molecule has 0 aromatic heterocycles. The molecule has 0 saturated heterocycles. The zero-order chi connectivity index (χ0) is 19.1. The lowest BCUT2D eigenvalue weighted by atomic mass is 9.94. The van der Waals surface area contributed by atoms with Gasteiger partial charge in [-0.25, -0.2) is 0 Å². The lowest BCUT2D eigenvalue weighted by Gasteiger charge is -2.24. The van der Waals surface area contributed by atoms with Gasteiger partial charge >= 0.3 is 0 Å². The normalized spacial score (nSPS) is 13.2. The largest absolute Gasteiger partial charge is 0.325 e. The second-order valence-electron chi connectivity index (χ2n) is 6.29. The van der Waals surface area contributed by atoms with Crippen LogP contribution in [0, 0.1) is 0 Å². The van der Waals surface area contributed by atoms with Crippen LogP contribution in [0.3, 0.4) is 0 Å². The van der Waals surface area contributed by atoms with Crippen LogP contribution in [0.5, 0.6) is 0 Å². The number of carbonyl (C=O) groups excluding carboxylic acids is 3. The maximum atomic E-state index is 12.5. The highest BCUT2D eigenvalue weighted by Crippen LogP contribution is 2.40. The number of carbonyl (C=O) groups is 3. The summed E-state index contributed by atoms with van der Waals surface area (Å²) in [6, 6.07) is 16.7. The zero-order valence-corrected chi connectivity index (χ0v) is 15.6. The molecule has 1 N–H and O–H groups in total. The van der Waals surface area contributed by atoms with Gasteiger partial charge in [-0.05, 0) is 35.7 Å². The summed E-state index contributed by atoms with van der Waals surface area (Å²) in [6.07, 6.45) is 0. The molecule has 0 bridgehead atoms. The predicted molar refractivity (Wildman–Crippen MR) is 105 cm³/mol. The Labute approximate surface area is 160 Å². The Bertz CT molecular complexity index is 1100. The summed E-state index contributed by atoms with van der Waals surface area (Å²) in [6.45, 7) is 1.47. The van der Waals surface area contributed by atoms with Crippen LogP contribution in [0.2, 0.25) is 0 Å². The number of hydrogen-bond donors (Lipinski definition) is 1. The third-order valence-electron chi connectivity index (χ3n) is 4.49. The number of hydrogen-bond acceptors (Lipinski definition) is 4. The molecular weight excluding hydrogens is 360 g/mol. The van der Waals surface area contributed by atoms with Crippen LogP contribution in [0.1, 0.15) is 27.6 Å². The van der Waals surface area contributed by atoms with Gasteiger partial charge in [0.15, 0.2) is 0 Å². The van der Waals surface area contributed by atoms with Crippen LogP contribution in [-0.2, 0) is 4.79 Å². The van der Waals surface area contributed by atoms with Crippen molar-refractivity contribution < 1.29 is 14.4 Å². The quantitative estimate of drug-likeness (QED) is 0.697. The van der Waals surface area contributed by atoms with E-state index in [1.807, 2.05) is 42.5 Å².